The maximum absolute atomic E-state index is 6.06. The molecule has 0 aliphatic heterocycles. The van der Waals surface area contributed by atoms with Crippen molar-refractivity contribution in [2.24, 2.45) is 17.1 Å². The average Bonchev–Trinajstić information content (AvgIpc) is 2.93. The number of rotatable bonds is 7. The molecule has 0 bridgehead atoms. The van der Waals surface area contributed by atoms with Gasteiger partial charge in [0.15, 0.2) is 0 Å². The Balaban J connectivity index is 2.32. The molecule has 0 amide bonds. The Labute approximate surface area is 89.5 Å². The third kappa shape index (κ3) is 2.98. The van der Waals surface area contributed by atoms with Crippen LogP contribution in [0.3, 0.4) is 0 Å². The summed E-state index contributed by atoms with van der Waals surface area (Å²) in [6.45, 7) is 6.81. The van der Waals surface area contributed by atoms with Gasteiger partial charge < -0.3 is 5.73 Å². The minimum absolute atomic E-state index is 0.415. The van der Waals surface area contributed by atoms with E-state index in [-0.39, 0.29) is 0 Å². The van der Waals surface area contributed by atoms with Crippen LogP contribution in [0.1, 0.15) is 65.7 Å². The van der Waals surface area contributed by atoms with Crippen LogP contribution in [0.4, 0.5) is 0 Å². The van der Waals surface area contributed by atoms with Crippen LogP contribution in [0.5, 0.6) is 0 Å². The van der Waals surface area contributed by atoms with E-state index in [0.717, 1.165) is 5.92 Å². The molecular weight excluding hydrogens is 170 g/mol. The molecule has 1 aliphatic rings. The molecule has 84 valence electrons. The van der Waals surface area contributed by atoms with E-state index in [0.29, 0.717) is 11.5 Å². The van der Waals surface area contributed by atoms with Gasteiger partial charge in [0.05, 0.1) is 0 Å². The van der Waals surface area contributed by atoms with Gasteiger partial charge in [0, 0.05) is 6.04 Å². The molecule has 2 unspecified atom stereocenters. The van der Waals surface area contributed by atoms with E-state index in [1.54, 1.807) is 0 Å². The van der Waals surface area contributed by atoms with Crippen LogP contribution in [0, 0.1) is 11.3 Å². The van der Waals surface area contributed by atoms with Gasteiger partial charge in [0.25, 0.3) is 0 Å². The summed E-state index contributed by atoms with van der Waals surface area (Å²) in [7, 11) is 0. The van der Waals surface area contributed by atoms with E-state index >= 15 is 0 Å². The van der Waals surface area contributed by atoms with Crippen LogP contribution in [0.2, 0.25) is 0 Å². The lowest BCUT2D eigenvalue weighted by molar-refractivity contribution is 0.288. The predicted octanol–water partition coefficient (Wildman–Crippen LogP) is 3.72. The molecule has 1 nitrogen and oxygen atoms in total. The highest BCUT2D eigenvalue weighted by atomic mass is 14.7. The first kappa shape index (κ1) is 12.0. The summed E-state index contributed by atoms with van der Waals surface area (Å²) in [6.07, 6.45) is 9.65. The normalized spacial score (nSPS) is 23.1. The maximum atomic E-state index is 6.06. The van der Waals surface area contributed by atoms with Crippen molar-refractivity contribution in [3.8, 4) is 0 Å². The molecule has 0 heterocycles. The van der Waals surface area contributed by atoms with Gasteiger partial charge in [0.2, 0.25) is 0 Å². The highest BCUT2D eigenvalue weighted by Gasteiger charge is 2.46. The number of hydrogen-bond donors (Lipinski definition) is 1. The van der Waals surface area contributed by atoms with Gasteiger partial charge in [-0.2, -0.15) is 0 Å². The molecule has 14 heavy (non-hydrogen) atoms. The molecule has 0 saturated heterocycles. The van der Waals surface area contributed by atoms with E-state index < -0.39 is 0 Å². The monoisotopic (exact) mass is 197 g/mol. The van der Waals surface area contributed by atoms with Crippen molar-refractivity contribution in [1.82, 2.24) is 0 Å². The molecule has 0 spiro atoms. The highest BCUT2D eigenvalue weighted by Crippen LogP contribution is 2.53. The fraction of sp³-hybridized carbons (Fsp3) is 1.00. The summed E-state index contributed by atoms with van der Waals surface area (Å²) in [5.74, 6) is 0.934. The lowest BCUT2D eigenvalue weighted by atomic mass is 9.83. The van der Waals surface area contributed by atoms with Crippen molar-refractivity contribution in [3.63, 3.8) is 0 Å². The fourth-order valence-electron chi connectivity index (χ4n) is 2.52. The second-order valence-electron chi connectivity index (χ2n) is 5.27. The topological polar surface area (TPSA) is 26.0 Å². The molecule has 0 aromatic rings. The smallest absolute Gasteiger partial charge is 0.00671 e. The number of unbranched alkanes of at least 4 members (excludes halogenated alkanes) is 1. The average molecular weight is 197 g/mol. The van der Waals surface area contributed by atoms with Crippen LogP contribution in [-0.4, -0.2) is 6.04 Å². The standard InChI is InChI=1S/C13H27N/c1-4-6-7-12(5-2)10-13(8-9-13)11(3)14/h11-12H,4-10,14H2,1-3H3. The Morgan fingerprint density at radius 2 is 1.93 bits per heavy atom. The zero-order valence-corrected chi connectivity index (χ0v) is 10.2. The molecule has 1 aliphatic carbocycles. The Morgan fingerprint density at radius 3 is 2.29 bits per heavy atom. The second kappa shape index (κ2) is 5.16. The fourth-order valence-corrected chi connectivity index (χ4v) is 2.52. The molecule has 0 radical (unpaired) electrons. The first-order valence-corrected chi connectivity index (χ1v) is 6.40. The highest BCUT2D eigenvalue weighted by molar-refractivity contribution is 4.99. The predicted molar refractivity (Wildman–Crippen MR) is 63.2 cm³/mol. The molecule has 1 saturated carbocycles. The second-order valence-corrected chi connectivity index (χ2v) is 5.27. The van der Waals surface area contributed by atoms with Crippen molar-refractivity contribution in [2.75, 3.05) is 0 Å². The van der Waals surface area contributed by atoms with Crippen molar-refractivity contribution in [2.45, 2.75) is 71.8 Å². The van der Waals surface area contributed by atoms with E-state index in [1.807, 2.05) is 0 Å². The van der Waals surface area contributed by atoms with E-state index in [4.69, 9.17) is 5.73 Å². The van der Waals surface area contributed by atoms with Crippen molar-refractivity contribution >= 4 is 0 Å². The SMILES string of the molecule is CCCCC(CC)CC1(C(C)N)CC1. The van der Waals surface area contributed by atoms with E-state index in [1.165, 1.54) is 44.9 Å². The number of hydrogen-bond acceptors (Lipinski definition) is 1. The molecule has 0 aromatic carbocycles. The molecule has 2 atom stereocenters. The molecule has 2 N–H and O–H groups in total. The first-order valence-electron chi connectivity index (χ1n) is 6.40. The summed E-state index contributed by atoms with van der Waals surface area (Å²) < 4.78 is 0. The maximum Gasteiger partial charge on any atom is 0.00671 e. The Hall–Kier alpha value is -0.0400. The van der Waals surface area contributed by atoms with Crippen LogP contribution in [-0.2, 0) is 0 Å². The summed E-state index contributed by atoms with van der Waals surface area (Å²) >= 11 is 0. The van der Waals surface area contributed by atoms with E-state index in [2.05, 4.69) is 20.8 Å². The first-order chi connectivity index (χ1) is 6.64. The van der Waals surface area contributed by atoms with Gasteiger partial charge in [0.1, 0.15) is 0 Å². The van der Waals surface area contributed by atoms with Crippen LogP contribution in [0.25, 0.3) is 0 Å². The summed E-state index contributed by atoms with van der Waals surface area (Å²) in [5.41, 5.74) is 6.61. The van der Waals surface area contributed by atoms with Crippen molar-refractivity contribution < 1.29 is 0 Å². The van der Waals surface area contributed by atoms with Gasteiger partial charge in [-0.1, -0.05) is 39.5 Å². The lowest BCUT2D eigenvalue weighted by Gasteiger charge is -2.25. The lowest BCUT2D eigenvalue weighted by Crippen LogP contribution is -2.30. The quantitative estimate of drug-likeness (QED) is 0.661. The van der Waals surface area contributed by atoms with Crippen LogP contribution >= 0.6 is 0 Å². The molecular formula is C13H27N. The van der Waals surface area contributed by atoms with E-state index in [9.17, 15) is 0 Å². The summed E-state index contributed by atoms with van der Waals surface area (Å²) in [6, 6.07) is 0.415. The summed E-state index contributed by atoms with van der Waals surface area (Å²) in [4.78, 5) is 0. The van der Waals surface area contributed by atoms with Gasteiger partial charge in [-0.25, -0.2) is 0 Å². The Bertz CT molecular complexity index is 159. The Morgan fingerprint density at radius 1 is 1.29 bits per heavy atom. The minimum Gasteiger partial charge on any atom is -0.327 e. The summed E-state index contributed by atoms with van der Waals surface area (Å²) in [5, 5.41) is 0. The molecule has 1 heteroatoms. The zero-order valence-electron chi connectivity index (χ0n) is 10.2. The minimum atomic E-state index is 0.415. The molecule has 1 fully saturated rings. The van der Waals surface area contributed by atoms with Crippen molar-refractivity contribution in [3.05, 3.63) is 0 Å². The number of nitrogens with two attached hydrogens (primary N) is 1. The van der Waals surface area contributed by atoms with Gasteiger partial charge in [-0.05, 0) is 37.5 Å². The van der Waals surface area contributed by atoms with Gasteiger partial charge in [-0.3, -0.25) is 0 Å². The largest absolute Gasteiger partial charge is 0.327 e. The van der Waals surface area contributed by atoms with Crippen LogP contribution in [0.15, 0.2) is 0 Å². The third-order valence-corrected chi connectivity index (χ3v) is 4.10. The zero-order chi connectivity index (χ0) is 10.6. The van der Waals surface area contributed by atoms with Gasteiger partial charge >= 0.3 is 0 Å². The van der Waals surface area contributed by atoms with Gasteiger partial charge in [-0.15, -0.1) is 0 Å². The third-order valence-electron chi connectivity index (χ3n) is 4.10. The Kier molecular flexibility index (Phi) is 4.43. The molecule has 1 rings (SSSR count). The van der Waals surface area contributed by atoms with Crippen molar-refractivity contribution in [1.29, 1.82) is 0 Å². The van der Waals surface area contributed by atoms with Crippen LogP contribution < -0.4 is 5.73 Å². The molecule has 0 aromatic heterocycles.